The first-order valence-electron chi connectivity index (χ1n) is 45.6. The monoisotopic (exact) mass is 1990 g/mol. The third kappa shape index (κ3) is 28.7. The number of carbonyl (C=O) groups is 1. The number of hydrogen-bond acceptors (Lipinski definition) is 23. The number of rotatable bonds is 27. The molecular weight excluding hydrogens is 1880 g/mol. The number of halogens is 15. The Hall–Kier alpha value is -11.9. The molecule has 4 aliphatic heterocycles. The van der Waals surface area contributed by atoms with Crippen LogP contribution in [0.4, 0.5) is 101 Å². The molecule has 24 nitrogen and oxygen atoms in total. The van der Waals surface area contributed by atoms with Crippen LogP contribution in [0.15, 0.2) is 170 Å². The van der Waals surface area contributed by atoms with Crippen molar-refractivity contribution in [3.05, 3.63) is 261 Å². The van der Waals surface area contributed by atoms with Crippen LogP contribution in [0.3, 0.4) is 0 Å². The van der Waals surface area contributed by atoms with Crippen molar-refractivity contribution in [1.29, 1.82) is 5.26 Å². The van der Waals surface area contributed by atoms with Crippen molar-refractivity contribution in [1.82, 2.24) is 50.2 Å². The number of morpholine rings is 1. The normalized spacial score (nSPS) is 19.0. The maximum absolute atomic E-state index is 15.6. The van der Waals surface area contributed by atoms with Crippen LogP contribution in [-0.2, 0) is 86.0 Å². The van der Waals surface area contributed by atoms with Crippen molar-refractivity contribution in [2.75, 3.05) is 87.9 Å². The van der Waals surface area contributed by atoms with Crippen molar-refractivity contribution in [2.24, 2.45) is 10.8 Å². The van der Waals surface area contributed by atoms with E-state index in [-0.39, 0.29) is 118 Å². The number of alkyl halides is 11. The SMILES string of the molecule is CC(C)(CCc1ncnc(N2CCCCC2c2ccc(C(F)(F)F)cc2)c1F)CCS(C)(=O)=O.CC(F)(F)c1ccc(C2COCCN2c2ncnc(NCc3ccc(S(C)(=O)=O)nc3)c2F)cc1.CC1(CCc2ncnc(N3CCCCC3c3ccc(C(F)(F)F)cc3)c2F)CCCCC1O.N#CNC(=O)Cc1ccc(CNc2ncnc(N3CCCCC3c3ccc(C(F)(F)F)cc3)c2F)cc1. The van der Waals surface area contributed by atoms with Crippen LogP contribution in [0.25, 0.3) is 0 Å². The van der Waals surface area contributed by atoms with E-state index in [0.717, 1.165) is 130 Å². The number of nitrogens with zero attached hydrogens (tertiary/aromatic N) is 14. The number of pyridine rings is 1. The minimum atomic E-state index is -4.42. The molecule has 10 aromatic rings. The van der Waals surface area contributed by atoms with Gasteiger partial charge in [-0.2, -0.15) is 53.6 Å². The summed E-state index contributed by atoms with van der Waals surface area (Å²) in [4.78, 5) is 55.7. The first-order chi connectivity index (χ1) is 65.8. The van der Waals surface area contributed by atoms with Gasteiger partial charge in [-0.25, -0.2) is 79.3 Å². The van der Waals surface area contributed by atoms with Gasteiger partial charge in [-0.15, -0.1) is 0 Å². The van der Waals surface area contributed by atoms with E-state index in [1.54, 1.807) is 58.5 Å². The topological polar surface area (TPSA) is 304 Å². The van der Waals surface area contributed by atoms with Gasteiger partial charge in [0.2, 0.25) is 17.5 Å². The average Bonchev–Trinajstić information content (AvgIpc) is 0.799. The molecule has 0 bridgehead atoms. The second-order valence-electron chi connectivity index (χ2n) is 36.5. The molecule has 5 aromatic heterocycles. The summed E-state index contributed by atoms with van der Waals surface area (Å²) in [5.74, 6) is -5.09. The fourth-order valence-corrected chi connectivity index (χ4v) is 19.1. The Morgan fingerprint density at radius 1 is 0.475 bits per heavy atom. The van der Waals surface area contributed by atoms with E-state index >= 15 is 17.6 Å². The predicted octanol–water partition coefficient (Wildman–Crippen LogP) is 20.8. The molecule has 41 heteroatoms. The lowest BCUT2D eigenvalue weighted by molar-refractivity contribution is -0.138. The maximum atomic E-state index is 15.6. The molecule has 1 saturated carbocycles. The number of ether oxygens (including phenoxy) is 1. The number of amides is 1. The Labute approximate surface area is 797 Å². The molecule has 1 aliphatic carbocycles. The highest BCUT2D eigenvalue weighted by atomic mass is 32.2. The molecule has 6 unspecified atom stereocenters. The number of nitrogens with one attached hydrogen (secondary N) is 3. The summed E-state index contributed by atoms with van der Waals surface area (Å²) in [5.41, 5.74) is 2.75. The molecule has 4 saturated heterocycles. The van der Waals surface area contributed by atoms with Crippen LogP contribution >= 0.6 is 0 Å². The number of aliphatic hydroxyl groups excluding tert-OH is 1. The average molecular weight is 1990 g/mol. The molecule has 4 N–H and O–H groups in total. The molecule has 5 aliphatic rings. The van der Waals surface area contributed by atoms with Gasteiger partial charge in [-0.05, 0) is 195 Å². The molecule has 15 rings (SSSR count). The molecule has 139 heavy (non-hydrogen) atoms. The summed E-state index contributed by atoms with van der Waals surface area (Å²) >= 11 is 0. The number of sulfone groups is 2. The number of piperidine rings is 3. The summed E-state index contributed by atoms with van der Waals surface area (Å²) in [6, 6.07) is 29.8. The van der Waals surface area contributed by atoms with Crippen LogP contribution < -0.4 is 35.6 Å². The fourth-order valence-electron chi connectivity index (χ4n) is 17.6. The molecule has 0 spiro atoms. The van der Waals surface area contributed by atoms with Crippen molar-refractivity contribution in [2.45, 2.75) is 223 Å². The molecular formula is C98H110F15N17O7S2. The second kappa shape index (κ2) is 46.0. The Bertz CT molecular complexity index is 6060. The molecule has 746 valence electrons. The van der Waals surface area contributed by atoms with Gasteiger partial charge in [0.25, 0.3) is 5.92 Å². The maximum Gasteiger partial charge on any atom is 0.416 e. The quantitative estimate of drug-likeness (QED) is 0.0211. The third-order valence-electron chi connectivity index (χ3n) is 25.7. The van der Waals surface area contributed by atoms with E-state index < -0.39 is 96.0 Å². The highest BCUT2D eigenvalue weighted by molar-refractivity contribution is 7.90. The highest BCUT2D eigenvalue weighted by Crippen LogP contribution is 2.46. The Morgan fingerprint density at radius 3 is 1.28 bits per heavy atom. The van der Waals surface area contributed by atoms with Gasteiger partial charge in [-0.3, -0.25) is 10.1 Å². The minimum Gasteiger partial charge on any atom is -0.393 e. The molecule has 5 fully saturated rings. The number of hydrogen-bond donors (Lipinski definition) is 4. The number of aromatic nitrogens is 9. The van der Waals surface area contributed by atoms with Crippen LogP contribution in [0.5, 0.6) is 0 Å². The van der Waals surface area contributed by atoms with Crippen LogP contribution in [0.1, 0.15) is 227 Å². The van der Waals surface area contributed by atoms with Gasteiger partial charge in [0.15, 0.2) is 67.6 Å². The first kappa shape index (κ1) is 106. The van der Waals surface area contributed by atoms with E-state index in [1.807, 2.05) is 23.6 Å². The standard InChI is InChI=1S/C26H24F4N6O.C25H31F4N3O.C24H31F4N3O2S.C23H24F3N5O3S/c27-23-24(32-14-18-6-4-17(5-7-18)13-22(37)33-15-31)34-16-35-25(23)36-12-2-1-3-21(36)19-8-10-20(11-9-19)26(28,29)30;1-24(13-4-2-7-21(24)33)14-12-19-22(26)23(31-16-30-19)32-15-5-3-6-20(32)17-8-10-18(11-9-17)25(27,28)29;1-23(2,13-15-34(3,32)33)12-11-19-21(25)22(30-16-29-19)31-14-5-4-6-20(31)17-7-9-18(10-8-17)24(26,27)28;1-23(25,26)17-6-4-16(5-7-17)18-13-34-10-9-31(18)22-20(24)21(29-14-30-22)28-12-15-3-8-19(27-11-15)35(2,32)33/h4-11,16,21H,1-3,12-14H2,(H,33,37)(H,32,34,35);8-11,16,20-21,33H,2-7,12-15H2,1H3;7-10,16,20H,4-6,11-15H2,1-3H3;3-8,11,14,18H,9-10,12-13H2,1-2H3,(H,28,29,30). The zero-order valence-corrected chi connectivity index (χ0v) is 79.1. The highest BCUT2D eigenvalue weighted by Gasteiger charge is 2.41. The number of aliphatic hydroxyl groups is 1. The van der Waals surface area contributed by atoms with Gasteiger partial charge >= 0.3 is 18.5 Å². The summed E-state index contributed by atoms with van der Waals surface area (Å²) in [5, 5.41) is 26.8. The van der Waals surface area contributed by atoms with Gasteiger partial charge < -0.3 is 40.1 Å². The molecule has 1 amide bonds. The van der Waals surface area contributed by atoms with E-state index in [0.29, 0.717) is 112 Å². The lowest BCUT2D eigenvalue weighted by Crippen LogP contribution is -2.40. The fraction of sp³-hybridized carbons (Fsp3) is 0.459. The molecule has 6 atom stereocenters. The van der Waals surface area contributed by atoms with Crippen molar-refractivity contribution >= 4 is 60.5 Å². The smallest absolute Gasteiger partial charge is 0.393 e. The first-order valence-corrected chi connectivity index (χ1v) is 49.6. The number of anilines is 6. The number of aryl methyl sites for hydroxylation is 2. The molecule has 0 radical (unpaired) electrons. The number of benzene rings is 5. The zero-order chi connectivity index (χ0) is 100. The Balaban J connectivity index is 0.000000166. The van der Waals surface area contributed by atoms with Crippen LogP contribution in [0.2, 0.25) is 0 Å². The lowest BCUT2D eigenvalue weighted by Gasteiger charge is -2.39. The van der Waals surface area contributed by atoms with E-state index in [9.17, 15) is 75.0 Å². The molecule has 5 aromatic carbocycles. The third-order valence-corrected chi connectivity index (χ3v) is 27.7. The van der Waals surface area contributed by atoms with E-state index in [4.69, 9.17) is 10.00 Å². The summed E-state index contributed by atoms with van der Waals surface area (Å²) < 4.78 is 258. The Kier molecular flexibility index (Phi) is 35.1. The Morgan fingerprint density at radius 2 is 0.871 bits per heavy atom. The zero-order valence-electron chi connectivity index (χ0n) is 77.4. The predicted molar refractivity (Wildman–Crippen MR) is 494 cm³/mol. The summed E-state index contributed by atoms with van der Waals surface area (Å²) in [6.45, 7) is 9.78. The van der Waals surface area contributed by atoms with E-state index in [1.165, 1.54) is 92.4 Å². The largest absolute Gasteiger partial charge is 0.416 e. The van der Waals surface area contributed by atoms with Crippen LogP contribution in [-0.4, -0.2) is 136 Å². The second-order valence-corrected chi connectivity index (χ2v) is 40.7. The van der Waals surface area contributed by atoms with Gasteiger partial charge in [0.1, 0.15) is 35.1 Å². The van der Waals surface area contributed by atoms with Crippen molar-refractivity contribution in [3.63, 3.8) is 0 Å². The van der Waals surface area contributed by atoms with Gasteiger partial charge in [-0.1, -0.05) is 125 Å². The molecule has 9 heterocycles. The van der Waals surface area contributed by atoms with Crippen molar-refractivity contribution in [3.8, 4) is 6.19 Å². The van der Waals surface area contributed by atoms with Crippen LogP contribution in [0, 0.1) is 45.6 Å². The lowest BCUT2D eigenvalue weighted by atomic mass is 9.70. The minimum absolute atomic E-state index is 0.0132. The van der Waals surface area contributed by atoms with E-state index in [2.05, 4.69) is 67.7 Å². The van der Waals surface area contributed by atoms with Gasteiger partial charge in [0, 0.05) is 70.5 Å². The number of carbonyl (C=O) groups excluding carboxylic acids is 1. The summed E-state index contributed by atoms with van der Waals surface area (Å²) in [7, 11) is -6.50. The summed E-state index contributed by atoms with van der Waals surface area (Å²) in [6.07, 6.45) is 10.3. The van der Waals surface area contributed by atoms with Gasteiger partial charge in [0.05, 0.1) is 83.7 Å². The van der Waals surface area contributed by atoms with Crippen molar-refractivity contribution < 1.29 is 97.3 Å². The number of nitriles is 1.